The summed E-state index contributed by atoms with van der Waals surface area (Å²) in [5.74, 6) is -0.353. The van der Waals surface area contributed by atoms with Crippen LogP contribution in [0, 0.1) is 0 Å². The molecule has 7 heteroatoms. The lowest BCUT2D eigenvalue weighted by Gasteiger charge is -2.08. The van der Waals surface area contributed by atoms with Crippen molar-refractivity contribution in [2.75, 3.05) is 7.11 Å². The smallest absolute Gasteiger partial charge is 0.254 e. The van der Waals surface area contributed by atoms with E-state index < -0.39 is 0 Å². The second-order valence-corrected chi connectivity index (χ2v) is 5.05. The van der Waals surface area contributed by atoms with Crippen molar-refractivity contribution in [1.82, 2.24) is 15.5 Å². The number of rotatable bonds is 5. The van der Waals surface area contributed by atoms with Crippen LogP contribution in [0.2, 0.25) is 10.3 Å². The highest BCUT2D eigenvalue weighted by Crippen LogP contribution is 2.15. The molecule has 2 aromatic rings. The van der Waals surface area contributed by atoms with Crippen molar-refractivity contribution in [3.05, 3.63) is 57.3 Å². The van der Waals surface area contributed by atoms with Crippen LogP contribution in [-0.4, -0.2) is 23.2 Å². The fourth-order valence-electron chi connectivity index (χ4n) is 1.79. The minimum atomic E-state index is -0.353. The zero-order chi connectivity index (χ0) is 15.2. The van der Waals surface area contributed by atoms with E-state index in [1.165, 1.54) is 6.07 Å². The van der Waals surface area contributed by atoms with Crippen LogP contribution in [-0.2, 0) is 17.9 Å². The maximum absolute atomic E-state index is 12.1. The van der Waals surface area contributed by atoms with Crippen LogP contribution < -0.4 is 5.32 Å². The van der Waals surface area contributed by atoms with Crippen molar-refractivity contribution in [3.8, 4) is 0 Å². The van der Waals surface area contributed by atoms with Crippen LogP contribution >= 0.6 is 23.2 Å². The van der Waals surface area contributed by atoms with Gasteiger partial charge in [0.1, 0.15) is 0 Å². The van der Waals surface area contributed by atoms with Crippen LogP contribution in [0.1, 0.15) is 21.5 Å². The van der Waals surface area contributed by atoms with Gasteiger partial charge in [0.15, 0.2) is 10.3 Å². The third-order valence-electron chi connectivity index (χ3n) is 2.72. The number of nitrogens with one attached hydrogen (secondary N) is 1. The van der Waals surface area contributed by atoms with Gasteiger partial charge in [-0.3, -0.25) is 4.79 Å². The molecule has 1 N–H and O–H groups in total. The average molecular weight is 326 g/mol. The van der Waals surface area contributed by atoms with E-state index in [9.17, 15) is 4.79 Å². The minimum Gasteiger partial charge on any atom is -0.380 e. The Kier molecular flexibility index (Phi) is 5.50. The van der Waals surface area contributed by atoms with Crippen LogP contribution in [0.5, 0.6) is 0 Å². The van der Waals surface area contributed by atoms with Gasteiger partial charge in [-0.1, -0.05) is 47.5 Å². The van der Waals surface area contributed by atoms with E-state index in [2.05, 4.69) is 15.5 Å². The van der Waals surface area contributed by atoms with Crippen molar-refractivity contribution in [2.45, 2.75) is 13.2 Å². The molecule has 0 spiro atoms. The summed E-state index contributed by atoms with van der Waals surface area (Å²) in [5, 5.41) is 10.1. The second kappa shape index (κ2) is 7.36. The van der Waals surface area contributed by atoms with E-state index >= 15 is 0 Å². The summed E-state index contributed by atoms with van der Waals surface area (Å²) in [6, 6.07) is 9.13. The first-order chi connectivity index (χ1) is 10.1. The van der Waals surface area contributed by atoms with Crippen LogP contribution in [0.25, 0.3) is 0 Å². The maximum atomic E-state index is 12.1. The van der Waals surface area contributed by atoms with E-state index in [0.717, 1.165) is 11.1 Å². The van der Waals surface area contributed by atoms with Crippen molar-refractivity contribution in [1.29, 1.82) is 0 Å². The molecule has 0 saturated carbocycles. The Balaban J connectivity index is 2.04. The van der Waals surface area contributed by atoms with Crippen molar-refractivity contribution >= 4 is 29.1 Å². The Labute approximate surface area is 132 Å². The predicted molar refractivity (Wildman–Crippen MR) is 80.4 cm³/mol. The van der Waals surface area contributed by atoms with Crippen LogP contribution in [0.4, 0.5) is 0 Å². The molecule has 5 nitrogen and oxygen atoms in total. The summed E-state index contributed by atoms with van der Waals surface area (Å²) >= 11 is 11.5. The summed E-state index contributed by atoms with van der Waals surface area (Å²) in [6.07, 6.45) is 0. The molecule has 0 aliphatic heterocycles. The molecule has 0 radical (unpaired) electrons. The fraction of sp³-hybridized carbons (Fsp3) is 0.214. The van der Waals surface area contributed by atoms with E-state index in [1.807, 2.05) is 24.3 Å². The zero-order valence-corrected chi connectivity index (χ0v) is 12.8. The van der Waals surface area contributed by atoms with Gasteiger partial charge in [0.25, 0.3) is 5.91 Å². The number of carbonyl (C=O) groups excluding carboxylic acids is 1. The van der Waals surface area contributed by atoms with Crippen molar-refractivity contribution in [3.63, 3.8) is 0 Å². The van der Waals surface area contributed by atoms with E-state index in [-0.39, 0.29) is 21.8 Å². The molecular weight excluding hydrogens is 313 g/mol. The molecule has 110 valence electrons. The quantitative estimate of drug-likeness (QED) is 0.918. The Morgan fingerprint density at radius 3 is 2.76 bits per heavy atom. The third-order valence-corrected chi connectivity index (χ3v) is 3.18. The Morgan fingerprint density at radius 2 is 2.00 bits per heavy atom. The number of halogens is 2. The highest BCUT2D eigenvalue weighted by molar-refractivity contribution is 6.34. The lowest BCUT2D eigenvalue weighted by Crippen LogP contribution is -2.23. The highest BCUT2D eigenvalue weighted by Gasteiger charge is 2.12. The van der Waals surface area contributed by atoms with Gasteiger partial charge >= 0.3 is 0 Å². The zero-order valence-electron chi connectivity index (χ0n) is 11.3. The van der Waals surface area contributed by atoms with Gasteiger partial charge in [0.05, 0.1) is 12.2 Å². The lowest BCUT2D eigenvalue weighted by atomic mass is 10.1. The van der Waals surface area contributed by atoms with Gasteiger partial charge in [-0.25, -0.2) is 0 Å². The molecular formula is C14H13Cl2N3O2. The first-order valence-corrected chi connectivity index (χ1v) is 6.89. The molecule has 1 amide bonds. The molecule has 0 bridgehead atoms. The second-order valence-electron chi connectivity index (χ2n) is 4.31. The fourth-order valence-corrected chi connectivity index (χ4v) is 2.11. The minimum absolute atomic E-state index is 0.0185. The number of amides is 1. The Bertz CT molecular complexity index is 650. The number of ether oxygens (including phenoxy) is 1. The summed E-state index contributed by atoms with van der Waals surface area (Å²) in [4.78, 5) is 12.1. The maximum Gasteiger partial charge on any atom is 0.254 e. The van der Waals surface area contributed by atoms with E-state index in [0.29, 0.717) is 13.2 Å². The number of hydrogen-bond acceptors (Lipinski definition) is 4. The summed E-state index contributed by atoms with van der Waals surface area (Å²) in [5.41, 5.74) is 2.20. The summed E-state index contributed by atoms with van der Waals surface area (Å²) < 4.78 is 5.07. The first-order valence-electron chi connectivity index (χ1n) is 6.14. The molecule has 1 aromatic carbocycles. The topological polar surface area (TPSA) is 64.1 Å². The van der Waals surface area contributed by atoms with Gasteiger partial charge in [-0.15, -0.1) is 10.2 Å². The van der Waals surface area contributed by atoms with Crippen LogP contribution in [0.3, 0.4) is 0 Å². The standard InChI is InChI=1S/C14H13Cl2N3O2/c1-21-8-10-4-2-3-9(5-10)7-17-14(20)11-6-12(15)18-19-13(11)16/h2-6H,7-8H2,1H3,(H,17,20). The number of methoxy groups -OCH3 is 1. The SMILES string of the molecule is COCc1cccc(CNC(=O)c2cc(Cl)nnc2Cl)c1. The Hall–Kier alpha value is -1.69. The molecule has 0 aliphatic rings. The number of benzene rings is 1. The molecule has 0 atom stereocenters. The van der Waals surface area contributed by atoms with E-state index in [1.54, 1.807) is 7.11 Å². The lowest BCUT2D eigenvalue weighted by molar-refractivity contribution is 0.0950. The van der Waals surface area contributed by atoms with Crippen LogP contribution in [0.15, 0.2) is 30.3 Å². The average Bonchev–Trinajstić information content (AvgIpc) is 2.48. The van der Waals surface area contributed by atoms with Crippen molar-refractivity contribution in [2.24, 2.45) is 0 Å². The molecule has 2 rings (SSSR count). The molecule has 0 saturated heterocycles. The molecule has 0 unspecified atom stereocenters. The molecule has 0 aliphatic carbocycles. The largest absolute Gasteiger partial charge is 0.380 e. The number of aromatic nitrogens is 2. The molecule has 1 aromatic heterocycles. The summed E-state index contributed by atoms with van der Waals surface area (Å²) in [7, 11) is 1.64. The van der Waals surface area contributed by atoms with Gasteiger partial charge in [-0.05, 0) is 17.2 Å². The van der Waals surface area contributed by atoms with E-state index in [4.69, 9.17) is 27.9 Å². The normalized spacial score (nSPS) is 10.4. The van der Waals surface area contributed by atoms with Gasteiger partial charge in [0, 0.05) is 13.7 Å². The Morgan fingerprint density at radius 1 is 1.24 bits per heavy atom. The van der Waals surface area contributed by atoms with Crippen molar-refractivity contribution < 1.29 is 9.53 Å². The summed E-state index contributed by atoms with van der Waals surface area (Å²) in [6.45, 7) is 0.893. The molecule has 0 fully saturated rings. The number of nitrogens with zero attached hydrogens (tertiary/aromatic N) is 2. The van der Waals surface area contributed by atoms with Gasteiger partial charge in [-0.2, -0.15) is 0 Å². The molecule has 21 heavy (non-hydrogen) atoms. The molecule has 1 heterocycles. The number of carbonyl (C=O) groups is 1. The van der Waals surface area contributed by atoms with Gasteiger partial charge < -0.3 is 10.1 Å². The number of hydrogen-bond donors (Lipinski definition) is 1. The first kappa shape index (κ1) is 15.7. The highest BCUT2D eigenvalue weighted by atomic mass is 35.5. The monoisotopic (exact) mass is 325 g/mol. The van der Waals surface area contributed by atoms with Gasteiger partial charge in [0.2, 0.25) is 0 Å². The third kappa shape index (κ3) is 4.39. The predicted octanol–water partition coefficient (Wildman–Crippen LogP) is 2.86.